The molecule has 8 nitrogen and oxygen atoms in total. The van der Waals surface area contributed by atoms with Crippen molar-refractivity contribution in [1.82, 2.24) is 9.80 Å². The van der Waals surface area contributed by atoms with Crippen molar-refractivity contribution in [1.29, 1.82) is 0 Å². The zero-order valence-corrected chi connectivity index (χ0v) is 13.5. The van der Waals surface area contributed by atoms with Gasteiger partial charge in [-0.2, -0.15) is 0 Å². The summed E-state index contributed by atoms with van der Waals surface area (Å²) >= 11 is 0. The summed E-state index contributed by atoms with van der Waals surface area (Å²) in [5.41, 5.74) is 0.525. The molecule has 0 spiro atoms. The van der Waals surface area contributed by atoms with Crippen molar-refractivity contribution in [2.45, 2.75) is 6.42 Å². The number of aliphatic carboxylic acids is 1. The minimum Gasteiger partial charge on any atom is -0.481 e. The van der Waals surface area contributed by atoms with E-state index in [9.17, 15) is 14.4 Å². The normalized spacial score (nSPS) is 24.2. The average Bonchev–Trinajstić information content (AvgIpc) is 3.30. The van der Waals surface area contributed by atoms with E-state index in [1.165, 1.54) is 0 Å². The first-order chi connectivity index (χ1) is 12.0. The number of amides is 2. The summed E-state index contributed by atoms with van der Waals surface area (Å²) < 4.78 is 10.5. The third-order valence-electron chi connectivity index (χ3n) is 4.92. The van der Waals surface area contributed by atoms with Crippen molar-refractivity contribution in [3.8, 4) is 11.5 Å². The number of hydrogen-bond acceptors (Lipinski definition) is 5. The second-order valence-corrected chi connectivity index (χ2v) is 6.47. The number of hydrogen-bond donors (Lipinski definition) is 1. The van der Waals surface area contributed by atoms with Gasteiger partial charge in [-0.05, 0) is 24.6 Å². The lowest BCUT2D eigenvalue weighted by molar-refractivity contribution is -0.142. The highest BCUT2D eigenvalue weighted by Gasteiger charge is 2.50. The second-order valence-electron chi connectivity index (χ2n) is 6.47. The molecule has 2 heterocycles. The summed E-state index contributed by atoms with van der Waals surface area (Å²) in [5, 5.41) is 8.94. The number of fused-ring (bicyclic) bond motifs is 1. The first-order valence-corrected chi connectivity index (χ1v) is 8.25. The Kier molecular flexibility index (Phi) is 3.74. The Labute approximate surface area is 143 Å². The van der Waals surface area contributed by atoms with E-state index >= 15 is 0 Å². The smallest absolute Gasteiger partial charge is 0.307 e. The third kappa shape index (κ3) is 2.88. The van der Waals surface area contributed by atoms with E-state index in [0.717, 1.165) is 0 Å². The second kappa shape index (κ2) is 5.94. The van der Waals surface area contributed by atoms with E-state index in [0.29, 0.717) is 49.7 Å². The predicted octanol–water partition coefficient (Wildman–Crippen LogP) is 0.420. The van der Waals surface area contributed by atoms with Crippen molar-refractivity contribution >= 4 is 17.8 Å². The molecule has 0 unspecified atom stereocenters. The molecular formula is C17H18N2O6. The lowest BCUT2D eigenvalue weighted by atomic mass is 10.1. The van der Waals surface area contributed by atoms with Crippen molar-refractivity contribution in [2.75, 3.05) is 33.0 Å². The Hall–Kier alpha value is -2.77. The molecule has 2 aliphatic heterocycles. The first-order valence-electron chi connectivity index (χ1n) is 8.25. The van der Waals surface area contributed by atoms with Crippen LogP contribution in [0.25, 0.3) is 0 Å². The molecular weight excluding hydrogens is 328 g/mol. The van der Waals surface area contributed by atoms with Gasteiger partial charge < -0.3 is 24.4 Å². The fraction of sp³-hybridized carbons (Fsp3) is 0.471. The number of carbonyl (C=O) groups excluding carboxylic acids is 2. The van der Waals surface area contributed by atoms with Crippen LogP contribution in [0.4, 0.5) is 0 Å². The summed E-state index contributed by atoms with van der Waals surface area (Å²) in [4.78, 5) is 39.1. The number of carbonyl (C=O) groups is 3. The maximum Gasteiger partial charge on any atom is 0.307 e. The minimum absolute atomic E-state index is 0.109. The summed E-state index contributed by atoms with van der Waals surface area (Å²) in [6.07, 6.45) is 0.421. The Morgan fingerprint density at radius 2 is 1.64 bits per heavy atom. The van der Waals surface area contributed by atoms with Crippen LogP contribution in [0.5, 0.6) is 11.5 Å². The third-order valence-corrected chi connectivity index (χ3v) is 4.92. The van der Waals surface area contributed by atoms with Crippen molar-refractivity contribution in [3.63, 3.8) is 0 Å². The number of carboxylic acids is 1. The standard InChI is InChI=1S/C17H18N2O6/c20-15(10-1-2-13-14(7-10)25-9-24-13)18-3-5-19(6-4-18)16(21)11-8-12(11)17(22)23/h1-2,7,11-12H,3-6,8-9H2,(H,22,23)/t11-,12+/m0/s1. The van der Waals surface area contributed by atoms with E-state index in [1.807, 2.05) is 0 Å². The van der Waals surface area contributed by atoms with Gasteiger partial charge in [0.1, 0.15) is 0 Å². The molecule has 0 bridgehead atoms. The van der Waals surface area contributed by atoms with Crippen LogP contribution in [-0.2, 0) is 9.59 Å². The molecule has 25 heavy (non-hydrogen) atoms. The average molecular weight is 346 g/mol. The molecule has 1 saturated carbocycles. The lowest BCUT2D eigenvalue weighted by Gasteiger charge is -2.35. The van der Waals surface area contributed by atoms with E-state index in [-0.39, 0.29) is 18.6 Å². The molecule has 2 amide bonds. The summed E-state index contributed by atoms with van der Waals surface area (Å²) in [7, 11) is 0. The van der Waals surface area contributed by atoms with Crippen LogP contribution in [0.1, 0.15) is 16.8 Å². The minimum atomic E-state index is -0.907. The topological polar surface area (TPSA) is 96.4 Å². The van der Waals surface area contributed by atoms with Gasteiger partial charge >= 0.3 is 5.97 Å². The highest BCUT2D eigenvalue weighted by Crippen LogP contribution is 2.40. The quantitative estimate of drug-likeness (QED) is 0.852. The number of nitrogens with zero attached hydrogens (tertiary/aromatic N) is 2. The molecule has 1 aromatic rings. The molecule has 4 rings (SSSR count). The molecule has 8 heteroatoms. The van der Waals surface area contributed by atoms with E-state index in [4.69, 9.17) is 14.6 Å². The summed E-state index contributed by atoms with van der Waals surface area (Å²) in [6.45, 7) is 1.88. The first kappa shape index (κ1) is 15.7. The number of carboxylic acid groups (broad SMARTS) is 1. The maximum atomic E-state index is 12.6. The van der Waals surface area contributed by atoms with Gasteiger partial charge in [-0.3, -0.25) is 14.4 Å². The van der Waals surface area contributed by atoms with Gasteiger partial charge in [0.05, 0.1) is 11.8 Å². The van der Waals surface area contributed by atoms with E-state index in [2.05, 4.69) is 0 Å². The molecule has 0 radical (unpaired) electrons. The lowest BCUT2D eigenvalue weighted by Crippen LogP contribution is -2.51. The molecule has 2 atom stereocenters. The van der Waals surface area contributed by atoms with Gasteiger partial charge in [-0.15, -0.1) is 0 Å². The highest BCUT2D eigenvalue weighted by atomic mass is 16.7. The van der Waals surface area contributed by atoms with Crippen LogP contribution in [0.2, 0.25) is 0 Å². The molecule has 132 valence electrons. The zero-order chi connectivity index (χ0) is 17.6. The molecule has 1 aromatic carbocycles. The van der Waals surface area contributed by atoms with Crippen LogP contribution in [0.3, 0.4) is 0 Å². The van der Waals surface area contributed by atoms with Crippen LogP contribution in [-0.4, -0.2) is 65.7 Å². The maximum absolute atomic E-state index is 12.6. The van der Waals surface area contributed by atoms with E-state index in [1.54, 1.807) is 28.0 Å². The van der Waals surface area contributed by atoms with Crippen molar-refractivity contribution in [3.05, 3.63) is 23.8 Å². The SMILES string of the molecule is O=C(O)[C@@H]1C[C@@H]1C(=O)N1CCN(C(=O)c2ccc3c(c2)OCO3)CC1. The van der Waals surface area contributed by atoms with Gasteiger partial charge in [0.15, 0.2) is 11.5 Å². The summed E-state index contributed by atoms with van der Waals surface area (Å²) in [6, 6.07) is 5.09. The fourth-order valence-electron chi connectivity index (χ4n) is 3.32. The van der Waals surface area contributed by atoms with E-state index < -0.39 is 17.8 Å². The van der Waals surface area contributed by atoms with Gasteiger partial charge in [-0.25, -0.2) is 0 Å². The Bertz CT molecular complexity index is 741. The van der Waals surface area contributed by atoms with Crippen LogP contribution in [0, 0.1) is 11.8 Å². The molecule has 1 aliphatic carbocycles. The number of ether oxygens (including phenoxy) is 2. The zero-order valence-electron chi connectivity index (χ0n) is 13.5. The number of piperazine rings is 1. The number of benzene rings is 1. The fourth-order valence-corrected chi connectivity index (χ4v) is 3.32. The van der Waals surface area contributed by atoms with Crippen LogP contribution in [0.15, 0.2) is 18.2 Å². The highest BCUT2D eigenvalue weighted by molar-refractivity contribution is 5.95. The number of rotatable bonds is 3. The molecule has 1 saturated heterocycles. The van der Waals surface area contributed by atoms with Gasteiger partial charge in [0.2, 0.25) is 12.7 Å². The Morgan fingerprint density at radius 3 is 2.32 bits per heavy atom. The predicted molar refractivity (Wildman–Crippen MR) is 84.3 cm³/mol. The van der Waals surface area contributed by atoms with Gasteiger partial charge in [-0.1, -0.05) is 0 Å². The molecule has 3 aliphatic rings. The molecule has 2 fully saturated rings. The van der Waals surface area contributed by atoms with Gasteiger partial charge in [0.25, 0.3) is 5.91 Å². The van der Waals surface area contributed by atoms with Crippen molar-refractivity contribution in [2.24, 2.45) is 11.8 Å². The Morgan fingerprint density at radius 1 is 0.960 bits per heavy atom. The summed E-state index contributed by atoms with van der Waals surface area (Å²) in [5.74, 6) is -0.871. The molecule has 0 aromatic heterocycles. The van der Waals surface area contributed by atoms with Crippen LogP contribution < -0.4 is 9.47 Å². The van der Waals surface area contributed by atoms with Crippen molar-refractivity contribution < 1.29 is 29.0 Å². The Balaban J connectivity index is 1.35. The monoisotopic (exact) mass is 346 g/mol. The van der Waals surface area contributed by atoms with Crippen LogP contribution >= 0.6 is 0 Å². The largest absolute Gasteiger partial charge is 0.481 e. The molecule has 1 N–H and O–H groups in total. The van der Waals surface area contributed by atoms with Gasteiger partial charge in [0, 0.05) is 31.7 Å².